The number of phenols is 1. The molecule has 1 aliphatic heterocycles. The van der Waals surface area contributed by atoms with Crippen LogP contribution in [0.2, 0.25) is 0 Å². The Morgan fingerprint density at radius 2 is 1.39 bits per heavy atom. The molecule has 2 aromatic carbocycles. The van der Waals surface area contributed by atoms with E-state index in [0.717, 1.165) is 16.7 Å². The van der Waals surface area contributed by atoms with Gasteiger partial charge in [-0.05, 0) is 121 Å². The van der Waals surface area contributed by atoms with Crippen LogP contribution in [0.4, 0.5) is 0 Å². The molecule has 0 aliphatic carbocycles. The molecule has 2 aromatic rings. The van der Waals surface area contributed by atoms with Gasteiger partial charge in [-0.3, -0.25) is 24.0 Å². The van der Waals surface area contributed by atoms with Crippen LogP contribution in [0.1, 0.15) is 49.7 Å². The minimum absolute atomic E-state index is 0.0564. The number of rotatable bonds is 21. The maximum Gasteiger partial charge on any atom is 0.243 e. The van der Waals surface area contributed by atoms with Crippen molar-refractivity contribution in [2.24, 2.45) is 0 Å². The van der Waals surface area contributed by atoms with E-state index < -0.39 is 47.9 Å². The van der Waals surface area contributed by atoms with Gasteiger partial charge in [0.05, 0.1) is 12.1 Å². The third-order valence-corrected chi connectivity index (χ3v) is 9.91. The monoisotopic (exact) mass is 781 g/mol. The average molecular weight is 781 g/mol. The van der Waals surface area contributed by atoms with Gasteiger partial charge >= 0.3 is 0 Å². The molecule has 5 atom stereocenters. The summed E-state index contributed by atoms with van der Waals surface area (Å²) in [5.74, 6) is -1.90. The number of nitrogens with one attached hydrogen (secondary N) is 10. The van der Waals surface area contributed by atoms with Gasteiger partial charge in [0.1, 0.15) is 23.9 Å². The fourth-order valence-corrected chi connectivity index (χ4v) is 6.60. The van der Waals surface area contributed by atoms with Gasteiger partial charge in [-0.25, -0.2) is 0 Å². The smallest absolute Gasteiger partial charge is 0.243 e. The van der Waals surface area contributed by atoms with Gasteiger partial charge in [-0.15, -0.1) is 0 Å². The Hall–Kier alpha value is -4.61. The average Bonchev–Trinajstić information content (AvgIpc) is 3.19. The van der Waals surface area contributed by atoms with Gasteiger partial charge in [0.15, 0.2) is 0 Å². The van der Waals surface area contributed by atoms with Crippen LogP contribution in [-0.2, 0) is 36.8 Å². The Balaban J connectivity index is 1.88. The number of fused-ring (bicyclic) bond motifs is 5. The molecule has 16 nitrogen and oxygen atoms in total. The number of aromatic hydroxyl groups is 1. The number of amides is 5. The standard InChI is InChI=1S/C40H64N10O6/c1-41-17-7-13-31(37(53)46-19-9-12-30(44-4)36(52)47-21-20-43-3)48-40(56)34-23-26-10-6-11-27(22-26)28-15-16-35(51)29(24-28)25-33(45-5)39(55)49-32(38(54)50-34)14-8-18-42-2/h6,10-11,15-16,22,24,30-34,41-45,51H,7-9,12-14,17-21,23,25H2,1-5H3,(H,46,53)(H,47,52)(H,48,56)(H,49,55)(H,50,54)/t30-,31+,32-,33-,34-/m0/s1. The van der Waals surface area contributed by atoms with Gasteiger partial charge in [0.25, 0.3) is 0 Å². The number of hydrogen-bond acceptors (Lipinski definition) is 11. The highest BCUT2D eigenvalue weighted by atomic mass is 16.3. The SMILES string of the molecule is CNCCC[C@@H]1NC(=O)[C@@H](NC)Cc2cc(ccc2O)-c2cccc(c2)C[C@@H](C(=O)N[C@H](CCCNC)C(=O)NCCC[C@H](NC)C(=O)NCCNC)NC1=O. The molecular weight excluding hydrogens is 717 g/mol. The zero-order valence-corrected chi connectivity index (χ0v) is 33.6. The number of phenolic OH excluding ortho intramolecular Hbond substituents is 1. The highest BCUT2D eigenvalue weighted by molar-refractivity contribution is 5.95. The molecule has 0 aromatic heterocycles. The Labute approximate surface area is 331 Å². The molecule has 11 N–H and O–H groups in total. The largest absolute Gasteiger partial charge is 0.508 e. The van der Waals surface area contributed by atoms with Crippen LogP contribution in [0.3, 0.4) is 0 Å². The van der Waals surface area contributed by atoms with Crippen molar-refractivity contribution in [2.75, 3.05) is 68.0 Å². The number of likely N-dealkylation sites (N-methyl/N-ethyl adjacent to an activating group) is 3. The summed E-state index contributed by atoms with van der Waals surface area (Å²) in [4.78, 5) is 68.0. The summed E-state index contributed by atoms with van der Waals surface area (Å²) in [5, 5.41) is 40.4. The molecule has 1 heterocycles. The molecule has 5 amide bonds. The zero-order chi connectivity index (χ0) is 40.9. The Bertz CT molecular complexity index is 1580. The van der Waals surface area contributed by atoms with E-state index in [1.54, 1.807) is 33.3 Å². The first-order valence-corrected chi connectivity index (χ1v) is 19.7. The van der Waals surface area contributed by atoms with E-state index in [2.05, 4.69) is 53.2 Å². The van der Waals surface area contributed by atoms with Crippen molar-refractivity contribution in [1.82, 2.24) is 53.2 Å². The second kappa shape index (κ2) is 24.8. The maximum atomic E-state index is 14.2. The Morgan fingerprint density at radius 3 is 2.11 bits per heavy atom. The van der Waals surface area contributed by atoms with Crippen LogP contribution in [-0.4, -0.2) is 133 Å². The molecule has 4 bridgehead atoms. The lowest BCUT2D eigenvalue weighted by atomic mass is 9.95. The summed E-state index contributed by atoms with van der Waals surface area (Å²) < 4.78 is 0. The molecule has 0 saturated heterocycles. The van der Waals surface area contributed by atoms with Gasteiger partial charge in [0.2, 0.25) is 29.5 Å². The fourth-order valence-electron chi connectivity index (χ4n) is 6.60. The molecule has 16 heteroatoms. The van der Waals surface area contributed by atoms with E-state index in [9.17, 15) is 29.1 Å². The van der Waals surface area contributed by atoms with Crippen molar-refractivity contribution < 1.29 is 29.1 Å². The number of carbonyl (C=O) groups excluding carboxylic acids is 5. The predicted molar refractivity (Wildman–Crippen MR) is 218 cm³/mol. The van der Waals surface area contributed by atoms with Gasteiger partial charge in [-0.1, -0.05) is 30.3 Å². The minimum Gasteiger partial charge on any atom is -0.508 e. The zero-order valence-electron chi connectivity index (χ0n) is 33.6. The van der Waals surface area contributed by atoms with E-state index in [1.165, 1.54) is 0 Å². The topological polar surface area (TPSA) is 226 Å². The predicted octanol–water partition coefficient (Wildman–Crippen LogP) is -0.981. The van der Waals surface area contributed by atoms with Crippen LogP contribution in [0.5, 0.6) is 5.75 Å². The molecule has 0 saturated carbocycles. The maximum absolute atomic E-state index is 14.2. The van der Waals surface area contributed by atoms with Crippen molar-refractivity contribution in [3.8, 4) is 16.9 Å². The first-order valence-electron chi connectivity index (χ1n) is 19.7. The van der Waals surface area contributed by atoms with Crippen molar-refractivity contribution in [2.45, 2.75) is 81.6 Å². The summed E-state index contributed by atoms with van der Waals surface area (Å²) in [6.45, 7) is 2.69. The van der Waals surface area contributed by atoms with Crippen molar-refractivity contribution in [3.05, 3.63) is 53.6 Å². The highest BCUT2D eigenvalue weighted by Crippen LogP contribution is 2.28. The molecule has 310 valence electrons. The number of carbonyl (C=O) groups is 5. The van der Waals surface area contributed by atoms with Gasteiger partial charge < -0.3 is 58.3 Å². The summed E-state index contributed by atoms with van der Waals surface area (Å²) in [6.07, 6.45) is 3.14. The third-order valence-electron chi connectivity index (χ3n) is 9.91. The Morgan fingerprint density at radius 1 is 0.732 bits per heavy atom. The second-order valence-electron chi connectivity index (χ2n) is 14.1. The van der Waals surface area contributed by atoms with Gasteiger partial charge in [-0.2, -0.15) is 0 Å². The number of benzene rings is 2. The summed E-state index contributed by atoms with van der Waals surface area (Å²) in [7, 11) is 8.79. The van der Waals surface area contributed by atoms with Gasteiger partial charge in [0, 0.05) is 32.5 Å². The van der Waals surface area contributed by atoms with Crippen LogP contribution in [0.25, 0.3) is 11.1 Å². The molecule has 56 heavy (non-hydrogen) atoms. The summed E-state index contributed by atoms with van der Waals surface area (Å²) in [5.41, 5.74) is 2.98. The fraction of sp³-hybridized carbons (Fsp3) is 0.575. The van der Waals surface area contributed by atoms with E-state index in [4.69, 9.17) is 0 Å². The minimum atomic E-state index is -1.08. The van der Waals surface area contributed by atoms with Crippen molar-refractivity contribution in [1.29, 1.82) is 0 Å². The van der Waals surface area contributed by atoms with Crippen LogP contribution < -0.4 is 53.2 Å². The first kappa shape index (κ1) is 45.8. The van der Waals surface area contributed by atoms with Crippen molar-refractivity contribution in [3.63, 3.8) is 0 Å². The third kappa shape index (κ3) is 14.8. The molecule has 0 unspecified atom stereocenters. The van der Waals surface area contributed by atoms with Crippen molar-refractivity contribution >= 4 is 29.5 Å². The molecule has 0 fully saturated rings. The molecule has 1 aliphatic rings. The molecule has 0 radical (unpaired) electrons. The Kier molecular flexibility index (Phi) is 20.3. The van der Waals surface area contributed by atoms with E-state index >= 15 is 0 Å². The molecule has 3 rings (SSSR count). The van der Waals surface area contributed by atoms with E-state index in [1.807, 2.05) is 44.4 Å². The molecular formula is C40H64N10O6. The summed E-state index contributed by atoms with van der Waals surface area (Å²) in [6, 6.07) is 8.73. The van der Waals surface area contributed by atoms with E-state index in [-0.39, 0.29) is 30.4 Å². The summed E-state index contributed by atoms with van der Waals surface area (Å²) >= 11 is 0. The van der Waals surface area contributed by atoms with E-state index in [0.29, 0.717) is 76.8 Å². The lowest BCUT2D eigenvalue weighted by molar-refractivity contribution is -0.134. The lowest BCUT2D eigenvalue weighted by Gasteiger charge is -2.26. The second-order valence-corrected chi connectivity index (χ2v) is 14.1. The lowest BCUT2D eigenvalue weighted by Crippen LogP contribution is -2.58. The molecule has 0 spiro atoms. The van der Waals surface area contributed by atoms with Crippen LogP contribution >= 0.6 is 0 Å². The first-order chi connectivity index (χ1) is 27.0. The normalized spacial score (nSPS) is 18.3. The van der Waals surface area contributed by atoms with Crippen LogP contribution in [0, 0.1) is 0 Å². The van der Waals surface area contributed by atoms with Crippen LogP contribution in [0.15, 0.2) is 42.5 Å². The highest BCUT2D eigenvalue weighted by Gasteiger charge is 2.31. The number of hydrogen-bond donors (Lipinski definition) is 11. The quantitative estimate of drug-likeness (QED) is 0.0691.